The third-order valence-corrected chi connectivity index (χ3v) is 2.01. The number of hydrogen-bond acceptors (Lipinski definition) is 3. The summed E-state index contributed by atoms with van der Waals surface area (Å²) in [6, 6.07) is -0.123. The van der Waals surface area contributed by atoms with Gasteiger partial charge < -0.3 is 4.74 Å². The van der Waals surface area contributed by atoms with Crippen LogP contribution in [0.4, 0.5) is 13.2 Å². The molecule has 0 aromatic carbocycles. The van der Waals surface area contributed by atoms with Crippen LogP contribution in [-0.2, 0) is 9.57 Å². The van der Waals surface area contributed by atoms with Gasteiger partial charge in [0.25, 0.3) is 0 Å². The molecule has 0 aromatic rings. The Bertz CT molecular complexity index is 170. The zero-order valence-corrected chi connectivity index (χ0v) is 7.93. The van der Waals surface area contributed by atoms with E-state index >= 15 is 0 Å². The Kier molecular flexibility index (Phi) is 4.15. The van der Waals surface area contributed by atoms with Gasteiger partial charge in [0.1, 0.15) is 0 Å². The first-order valence-electron chi connectivity index (χ1n) is 4.46. The van der Waals surface area contributed by atoms with Crippen molar-refractivity contribution in [1.29, 1.82) is 0 Å². The smallest absolute Gasteiger partial charge is 0.383 e. The fraction of sp³-hybridized carbons (Fsp3) is 1.00. The zero-order chi connectivity index (χ0) is 10.6. The van der Waals surface area contributed by atoms with Crippen LogP contribution in [0.2, 0.25) is 0 Å². The Morgan fingerprint density at radius 1 is 1.43 bits per heavy atom. The normalized spacial score (nSPS) is 19.7. The maximum atomic E-state index is 11.7. The Hall–Kier alpha value is -0.330. The van der Waals surface area contributed by atoms with E-state index in [1.807, 2.05) is 0 Å². The van der Waals surface area contributed by atoms with Gasteiger partial charge in [-0.15, -0.1) is 0 Å². The number of hydroxylamine groups is 1. The van der Waals surface area contributed by atoms with Crippen LogP contribution in [0.5, 0.6) is 0 Å². The number of methoxy groups -OCH3 is 1. The van der Waals surface area contributed by atoms with E-state index in [0.717, 1.165) is 12.8 Å². The summed E-state index contributed by atoms with van der Waals surface area (Å²) in [6.07, 6.45) is -2.24. The molecule has 6 heteroatoms. The van der Waals surface area contributed by atoms with Crippen LogP contribution >= 0.6 is 0 Å². The van der Waals surface area contributed by atoms with Crippen LogP contribution in [-0.4, -0.2) is 32.5 Å². The molecular formula is C8H14F3NO2. The number of hydrogen-bond donors (Lipinski definition) is 1. The molecule has 14 heavy (non-hydrogen) atoms. The molecule has 1 atom stereocenters. The lowest BCUT2D eigenvalue weighted by molar-refractivity contribution is -0.195. The first kappa shape index (κ1) is 11.7. The molecule has 0 saturated heterocycles. The first-order valence-corrected chi connectivity index (χ1v) is 4.46. The lowest BCUT2D eigenvalue weighted by Gasteiger charge is -2.17. The SMILES string of the molecule is COCC(NOCC(F)(F)F)C1CC1. The minimum absolute atomic E-state index is 0.123. The topological polar surface area (TPSA) is 30.5 Å². The lowest BCUT2D eigenvalue weighted by atomic mass is 10.2. The molecule has 1 unspecified atom stereocenters. The summed E-state index contributed by atoms with van der Waals surface area (Å²) >= 11 is 0. The molecule has 0 spiro atoms. The van der Waals surface area contributed by atoms with E-state index in [1.165, 1.54) is 7.11 Å². The first-order chi connectivity index (χ1) is 6.53. The molecule has 0 aliphatic heterocycles. The average Bonchev–Trinajstić information content (AvgIpc) is 2.83. The molecule has 1 aliphatic rings. The highest BCUT2D eigenvalue weighted by atomic mass is 19.4. The Morgan fingerprint density at radius 2 is 2.07 bits per heavy atom. The van der Waals surface area contributed by atoms with Crippen LogP contribution in [0, 0.1) is 5.92 Å². The van der Waals surface area contributed by atoms with Crippen LogP contribution < -0.4 is 5.48 Å². The summed E-state index contributed by atoms with van der Waals surface area (Å²) in [5, 5.41) is 0. The van der Waals surface area contributed by atoms with Crippen molar-refractivity contribution in [3.8, 4) is 0 Å². The van der Waals surface area contributed by atoms with Crippen molar-refractivity contribution < 1.29 is 22.7 Å². The average molecular weight is 213 g/mol. The van der Waals surface area contributed by atoms with Crippen molar-refractivity contribution in [2.75, 3.05) is 20.3 Å². The van der Waals surface area contributed by atoms with E-state index in [0.29, 0.717) is 12.5 Å². The van der Waals surface area contributed by atoms with Gasteiger partial charge in [0.05, 0.1) is 12.6 Å². The standard InChI is InChI=1S/C8H14F3NO2/c1-13-4-7(6-2-3-6)12-14-5-8(9,10)11/h6-7,12H,2-5H2,1H3. The van der Waals surface area contributed by atoms with E-state index in [2.05, 4.69) is 10.3 Å². The minimum Gasteiger partial charge on any atom is -0.383 e. The molecule has 84 valence electrons. The summed E-state index contributed by atoms with van der Waals surface area (Å²) in [6.45, 7) is -0.886. The quantitative estimate of drug-likeness (QED) is 0.678. The van der Waals surface area contributed by atoms with Crippen LogP contribution in [0.1, 0.15) is 12.8 Å². The van der Waals surface area contributed by atoms with E-state index < -0.39 is 12.8 Å². The number of alkyl halides is 3. The van der Waals surface area contributed by atoms with Crippen LogP contribution in [0.3, 0.4) is 0 Å². The van der Waals surface area contributed by atoms with Gasteiger partial charge >= 0.3 is 6.18 Å². The fourth-order valence-corrected chi connectivity index (χ4v) is 1.18. The van der Waals surface area contributed by atoms with Gasteiger partial charge in [-0.1, -0.05) is 0 Å². The molecule has 1 saturated carbocycles. The second kappa shape index (κ2) is 4.95. The summed E-state index contributed by atoms with van der Waals surface area (Å²) in [5.74, 6) is 0.392. The Balaban J connectivity index is 2.13. The third-order valence-electron chi connectivity index (χ3n) is 2.01. The predicted octanol–water partition coefficient (Wildman–Crippen LogP) is 1.49. The van der Waals surface area contributed by atoms with Crippen molar-refractivity contribution in [2.45, 2.75) is 25.1 Å². The highest BCUT2D eigenvalue weighted by Gasteiger charge is 2.33. The van der Waals surface area contributed by atoms with E-state index in [4.69, 9.17) is 4.74 Å². The van der Waals surface area contributed by atoms with Gasteiger partial charge in [-0.3, -0.25) is 4.84 Å². The number of halogens is 3. The highest BCUT2D eigenvalue weighted by Crippen LogP contribution is 2.32. The molecule has 0 amide bonds. The maximum Gasteiger partial charge on any atom is 0.413 e. The molecule has 0 heterocycles. The van der Waals surface area contributed by atoms with E-state index in [1.54, 1.807) is 0 Å². The van der Waals surface area contributed by atoms with Gasteiger partial charge in [0.15, 0.2) is 6.61 Å². The van der Waals surface area contributed by atoms with E-state index in [9.17, 15) is 13.2 Å². The van der Waals surface area contributed by atoms with Crippen molar-refractivity contribution in [2.24, 2.45) is 5.92 Å². The van der Waals surface area contributed by atoms with Gasteiger partial charge in [0, 0.05) is 7.11 Å². The lowest BCUT2D eigenvalue weighted by Crippen LogP contribution is -2.37. The number of nitrogens with one attached hydrogen (secondary N) is 1. The van der Waals surface area contributed by atoms with Gasteiger partial charge in [-0.25, -0.2) is 0 Å². The zero-order valence-electron chi connectivity index (χ0n) is 7.93. The molecule has 3 nitrogen and oxygen atoms in total. The van der Waals surface area contributed by atoms with Gasteiger partial charge in [0.2, 0.25) is 0 Å². The van der Waals surface area contributed by atoms with E-state index in [-0.39, 0.29) is 6.04 Å². The summed E-state index contributed by atoms with van der Waals surface area (Å²) in [5.41, 5.74) is 2.39. The van der Waals surface area contributed by atoms with Gasteiger partial charge in [-0.2, -0.15) is 18.7 Å². The maximum absolute atomic E-state index is 11.7. The number of rotatable bonds is 6. The number of ether oxygens (including phenoxy) is 1. The second-order valence-corrected chi connectivity index (χ2v) is 3.42. The fourth-order valence-electron chi connectivity index (χ4n) is 1.18. The second-order valence-electron chi connectivity index (χ2n) is 3.42. The monoisotopic (exact) mass is 213 g/mol. The summed E-state index contributed by atoms with van der Waals surface area (Å²) in [7, 11) is 1.51. The molecule has 0 bridgehead atoms. The largest absolute Gasteiger partial charge is 0.413 e. The van der Waals surface area contributed by atoms with Crippen LogP contribution in [0.15, 0.2) is 0 Å². The minimum atomic E-state index is -4.28. The van der Waals surface area contributed by atoms with Crippen molar-refractivity contribution in [3.05, 3.63) is 0 Å². The van der Waals surface area contributed by atoms with Gasteiger partial charge in [-0.05, 0) is 18.8 Å². The Labute approximate surface area is 80.5 Å². The molecule has 1 N–H and O–H groups in total. The van der Waals surface area contributed by atoms with Crippen LogP contribution in [0.25, 0.3) is 0 Å². The Morgan fingerprint density at radius 3 is 2.50 bits per heavy atom. The third kappa shape index (κ3) is 4.78. The highest BCUT2D eigenvalue weighted by molar-refractivity contribution is 4.84. The van der Waals surface area contributed by atoms with Crippen molar-refractivity contribution in [1.82, 2.24) is 5.48 Å². The summed E-state index contributed by atoms with van der Waals surface area (Å²) in [4.78, 5) is 4.36. The molecular weight excluding hydrogens is 199 g/mol. The molecule has 0 aromatic heterocycles. The molecule has 1 rings (SSSR count). The van der Waals surface area contributed by atoms with Crippen molar-refractivity contribution in [3.63, 3.8) is 0 Å². The molecule has 0 radical (unpaired) electrons. The summed E-state index contributed by atoms with van der Waals surface area (Å²) < 4.78 is 40.0. The molecule has 1 aliphatic carbocycles. The predicted molar refractivity (Wildman–Crippen MR) is 43.5 cm³/mol. The van der Waals surface area contributed by atoms with Crippen molar-refractivity contribution >= 4 is 0 Å². The molecule has 1 fully saturated rings.